The number of carbonyl (C=O) groups excluding carboxylic acids is 1. The zero-order chi connectivity index (χ0) is 20.5. The van der Waals surface area contributed by atoms with Crippen LogP contribution in [0.1, 0.15) is 38.3 Å². The summed E-state index contributed by atoms with van der Waals surface area (Å²) >= 11 is 0. The summed E-state index contributed by atoms with van der Waals surface area (Å²) in [5.74, 6) is 0.985. The van der Waals surface area contributed by atoms with Gasteiger partial charge in [0.15, 0.2) is 20.5 Å². The van der Waals surface area contributed by atoms with Gasteiger partial charge in [-0.25, -0.2) is 13.4 Å². The van der Waals surface area contributed by atoms with E-state index in [1.54, 1.807) is 19.9 Å². The first-order valence-corrected chi connectivity index (χ1v) is 10.9. The molecule has 0 fully saturated rings. The van der Waals surface area contributed by atoms with Gasteiger partial charge in [-0.1, -0.05) is 19.1 Å². The number of sulfone groups is 1. The number of aromatic nitrogens is 1. The molecule has 0 unspecified atom stereocenters. The molecule has 28 heavy (non-hydrogen) atoms. The Bertz CT molecular complexity index is 1020. The van der Waals surface area contributed by atoms with Crippen LogP contribution in [0, 0.1) is 0 Å². The summed E-state index contributed by atoms with van der Waals surface area (Å²) in [4.78, 5) is 17.0. The van der Waals surface area contributed by atoms with Crippen LogP contribution in [0.4, 0.5) is 0 Å². The molecule has 6 nitrogen and oxygen atoms in total. The van der Waals surface area contributed by atoms with E-state index in [-0.39, 0.29) is 10.8 Å². The van der Waals surface area contributed by atoms with Gasteiger partial charge >= 0.3 is 0 Å². The smallest absolute Gasteiger partial charge is 0.210 e. The van der Waals surface area contributed by atoms with E-state index >= 15 is 0 Å². The zero-order valence-electron chi connectivity index (χ0n) is 16.4. The van der Waals surface area contributed by atoms with E-state index in [2.05, 4.69) is 4.98 Å². The molecule has 148 valence electrons. The molecule has 1 aliphatic rings. The van der Waals surface area contributed by atoms with Gasteiger partial charge in [0.25, 0.3) is 0 Å². The minimum Gasteiger partial charge on any atom is -0.494 e. The molecule has 0 N–H and O–H groups in total. The van der Waals surface area contributed by atoms with Crippen LogP contribution in [0.15, 0.2) is 47.6 Å². The average Bonchev–Trinajstić information content (AvgIpc) is 2.89. The first kappa shape index (κ1) is 20.1. The number of hydrogen-bond donors (Lipinski definition) is 0. The third-order valence-electron chi connectivity index (χ3n) is 4.35. The van der Waals surface area contributed by atoms with Gasteiger partial charge in [-0.15, -0.1) is 0 Å². The van der Waals surface area contributed by atoms with Crippen molar-refractivity contribution in [2.75, 3.05) is 12.9 Å². The summed E-state index contributed by atoms with van der Waals surface area (Å²) < 4.78 is 34.8. The third-order valence-corrected chi connectivity index (χ3v) is 5.35. The fourth-order valence-electron chi connectivity index (χ4n) is 2.89. The summed E-state index contributed by atoms with van der Waals surface area (Å²) in [6.07, 6.45) is 3.42. The standard InChI is InChI=1S/C21H23NO5S/c1-5-12-26-16-9-6-14(7-10-16)18-19(27-21(2,3)20(18)23)15-8-11-17(22-13-15)28(4,24)25/h6-11,13H,5,12H2,1-4H3. The molecule has 2 aromatic rings. The van der Waals surface area contributed by atoms with E-state index in [9.17, 15) is 13.2 Å². The van der Waals surface area contributed by atoms with Crippen molar-refractivity contribution >= 4 is 27.0 Å². The second-order valence-electron chi connectivity index (χ2n) is 7.18. The molecule has 2 heterocycles. The van der Waals surface area contributed by atoms with E-state index < -0.39 is 15.4 Å². The second-order valence-corrected chi connectivity index (χ2v) is 9.14. The van der Waals surface area contributed by atoms with Crippen LogP contribution in [0.25, 0.3) is 11.3 Å². The van der Waals surface area contributed by atoms with Gasteiger partial charge in [-0.2, -0.15) is 0 Å². The number of ketones is 1. The summed E-state index contributed by atoms with van der Waals surface area (Å²) in [6, 6.07) is 10.3. The summed E-state index contributed by atoms with van der Waals surface area (Å²) in [7, 11) is -3.40. The molecular formula is C21H23NO5S. The van der Waals surface area contributed by atoms with Crippen molar-refractivity contribution < 1.29 is 22.7 Å². The Morgan fingerprint density at radius 3 is 2.25 bits per heavy atom. The van der Waals surface area contributed by atoms with Gasteiger partial charge < -0.3 is 9.47 Å². The molecule has 3 rings (SSSR count). The van der Waals surface area contributed by atoms with Crippen LogP contribution in [0.5, 0.6) is 5.75 Å². The Morgan fingerprint density at radius 1 is 1.07 bits per heavy atom. The molecule has 0 saturated carbocycles. The number of hydrogen-bond acceptors (Lipinski definition) is 6. The Hall–Kier alpha value is -2.67. The van der Waals surface area contributed by atoms with Crippen LogP contribution in [0.3, 0.4) is 0 Å². The molecule has 1 aliphatic heterocycles. The molecule has 0 saturated heterocycles. The van der Waals surface area contributed by atoms with Gasteiger partial charge in [0.1, 0.15) is 11.5 Å². The molecule has 0 aliphatic carbocycles. The van der Waals surface area contributed by atoms with Gasteiger partial charge in [-0.3, -0.25) is 4.79 Å². The molecule has 1 aromatic carbocycles. The van der Waals surface area contributed by atoms with Crippen LogP contribution >= 0.6 is 0 Å². The van der Waals surface area contributed by atoms with E-state index in [0.717, 1.165) is 18.4 Å². The molecule has 0 bridgehead atoms. The highest BCUT2D eigenvalue weighted by atomic mass is 32.2. The quantitative estimate of drug-likeness (QED) is 0.737. The highest BCUT2D eigenvalue weighted by Crippen LogP contribution is 2.41. The number of ether oxygens (including phenoxy) is 2. The lowest BCUT2D eigenvalue weighted by molar-refractivity contribution is -0.125. The number of benzene rings is 1. The SMILES string of the molecule is CCCOc1ccc(C2=C(c3ccc(S(C)(=O)=O)nc3)OC(C)(C)C2=O)cc1. The number of Topliss-reactive ketones (excluding diaryl/α,β-unsaturated/α-hetero) is 1. The second kappa shape index (κ2) is 7.39. The number of rotatable bonds is 6. The van der Waals surface area contributed by atoms with Crippen LogP contribution in [0.2, 0.25) is 0 Å². The van der Waals surface area contributed by atoms with Gasteiger partial charge in [0.05, 0.1) is 12.2 Å². The van der Waals surface area contributed by atoms with Crippen molar-refractivity contribution in [3.05, 3.63) is 53.7 Å². The van der Waals surface area contributed by atoms with Crippen LogP contribution in [-0.4, -0.2) is 37.6 Å². The Kier molecular flexibility index (Phi) is 5.30. The Balaban J connectivity index is 2.04. The summed E-state index contributed by atoms with van der Waals surface area (Å²) in [6.45, 7) is 6.07. The highest BCUT2D eigenvalue weighted by Gasteiger charge is 2.42. The number of carbonyl (C=O) groups is 1. The minimum absolute atomic E-state index is 0.0283. The normalized spacial score (nSPS) is 16.2. The fourth-order valence-corrected chi connectivity index (χ4v) is 3.45. The predicted octanol–water partition coefficient (Wildman–Crippen LogP) is 3.52. The third kappa shape index (κ3) is 3.94. The predicted molar refractivity (Wildman–Crippen MR) is 107 cm³/mol. The molecule has 0 radical (unpaired) electrons. The highest BCUT2D eigenvalue weighted by molar-refractivity contribution is 7.90. The first-order chi connectivity index (χ1) is 13.1. The molecule has 0 amide bonds. The minimum atomic E-state index is -3.40. The van der Waals surface area contributed by atoms with E-state index in [1.807, 2.05) is 31.2 Å². The van der Waals surface area contributed by atoms with Gasteiger partial charge in [0.2, 0.25) is 5.78 Å². The monoisotopic (exact) mass is 401 g/mol. The van der Waals surface area contributed by atoms with Gasteiger partial charge in [0, 0.05) is 18.0 Å². The summed E-state index contributed by atoms with van der Waals surface area (Å²) in [5, 5.41) is -0.0283. The van der Waals surface area contributed by atoms with Crippen molar-refractivity contribution in [3.8, 4) is 5.75 Å². The molecule has 0 atom stereocenters. The van der Waals surface area contributed by atoms with Crippen molar-refractivity contribution in [3.63, 3.8) is 0 Å². The van der Waals surface area contributed by atoms with Crippen LogP contribution in [-0.2, 0) is 19.4 Å². The van der Waals surface area contributed by atoms with E-state index in [1.165, 1.54) is 12.3 Å². The average molecular weight is 401 g/mol. The maximum absolute atomic E-state index is 13.0. The number of nitrogens with zero attached hydrogens (tertiary/aromatic N) is 1. The summed E-state index contributed by atoms with van der Waals surface area (Å²) in [5.41, 5.74) is 0.688. The van der Waals surface area contributed by atoms with E-state index in [0.29, 0.717) is 29.1 Å². The van der Waals surface area contributed by atoms with Crippen molar-refractivity contribution in [1.82, 2.24) is 4.98 Å². The first-order valence-electron chi connectivity index (χ1n) is 9.01. The Labute approximate surface area is 165 Å². The molecule has 1 aromatic heterocycles. The van der Waals surface area contributed by atoms with E-state index in [4.69, 9.17) is 9.47 Å². The lowest BCUT2D eigenvalue weighted by atomic mass is 9.93. The molecule has 0 spiro atoms. The largest absolute Gasteiger partial charge is 0.494 e. The topological polar surface area (TPSA) is 82.6 Å². The number of pyridine rings is 1. The molecule has 7 heteroatoms. The maximum Gasteiger partial charge on any atom is 0.210 e. The van der Waals surface area contributed by atoms with Crippen LogP contribution < -0.4 is 4.74 Å². The van der Waals surface area contributed by atoms with Crippen molar-refractivity contribution in [2.45, 2.75) is 37.8 Å². The van der Waals surface area contributed by atoms with Crippen molar-refractivity contribution in [2.24, 2.45) is 0 Å². The Morgan fingerprint density at radius 2 is 1.71 bits per heavy atom. The maximum atomic E-state index is 13.0. The zero-order valence-corrected chi connectivity index (χ0v) is 17.2. The van der Waals surface area contributed by atoms with Crippen molar-refractivity contribution in [1.29, 1.82) is 0 Å². The lowest BCUT2D eigenvalue weighted by Crippen LogP contribution is -2.29. The lowest BCUT2D eigenvalue weighted by Gasteiger charge is -2.17. The van der Waals surface area contributed by atoms with Gasteiger partial charge in [-0.05, 0) is 50.1 Å². The fraction of sp³-hybridized carbons (Fsp3) is 0.333. The molecular weight excluding hydrogens is 378 g/mol.